The van der Waals surface area contributed by atoms with Gasteiger partial charge in [-0.15, -0.1) is 0 Å². The van der Waals surface area contributed by atoms with Crippen LogP contribution in [0.4, 0.5) is 0 Å². The molecule has 0 aliphatic heterocycles. The highest BCUT2D eigenvalue weighted by Gasteiger charge is 2.40. The highest BCUT2D eigenvalue weighted by molar-refractivity contribution is 7.95. The summed E-state index contributed by atoms with van der Waals surface area (Å²) in [5.41, 5.74) is 5.96. The van der Waals surface area contributed by atoms with E-state index in [1.165, 1.54) is 0 Å². The lowest BCUT2D eigenvalue weighted by Crippen LogP contribution is -2.50. The van der Waals surface area contributed by atoms with E-state index in [9.17, 15) is 16.8 Å². The van der Waals surface area contributed by atoms with E-state index in [4.69, 9.17) is 5.73 Å². The molecule has 1 rings (SSSR count). The molecule has 0 aromatic heterocycles. The van der Waals surface area contributed by atoms with Crippen LogP contribution in [0.3, 0.4) is 0 Å². The Morgan fingerprint density at radius 1 is 1.06 bits per heavy atom. The lowest BCUT2D eigenvalue weighted by molar-refractivity contribution is 0.271. The Bertz CT molecular complexity index is 471. The van der Waals surface area contributed by atoms with Gasteiger partial charge >= 0.3 is 0 Å². The van der Waals surface area contributed by atoms with Gasteiger partial charge in [0.25, 0.3) is 0 Å². The molecule has 1 aliphatic carbocycles. The van der Waals surface area contributed by atoms with Crippen LogP contribution in [0.25, 0.3) is 0 Å². The predicted molar refractivity (Wildman–Crippen MR) is 72.8 cm³/mol. The fourth-order valence-corrected chi connectivity index (χ4v) is 6.78. The minimum Gasteiger partial charge on any atom is -0.327 e. The summed E-state index contributed by atoms with van der Waals surface area (Å²) in [6.45, 7) is 3.95. The maximum absolute atomic E-state index is 12.2. The molecule has 0 spiro atoms. The summed E-state index contributed by atoms with van der Waals surface area (Å²) in [5.74, 6) is -0.214. The molecule has 5 nitrogen and oxygen atoms in total. The molecule has 0 amide bonds. The Balaban J connectivity index is 2.84. The standard InChI is InChI=1S/C11H23NO4S2/c1-8-6-9(2)11(10(12)7-8)18(15,16)5-4-17(3,13)14/h8-11H,4-7,12H2,1-3H3. The normalized spacial score (nSPS) is 34.4. The fourth-order valence-electron chi connectivity index (χ4n) is 2.91. The number of hydrogen-bond acceptors (Lipinski definition) is 5. The quantitative estimate of drug-likeness (QED) is 0.800. The van der Waals surface area contributed by atoms with Crippen LogP contribution in [-0.4, -0.2) is 45.9 Å². The van der Waals surface area contributed by atoms with E-state index in [0.717, 1.165) is 12.7 Å². The lowest BCUT2D eigenvalue weighted by atomic mass is 9.80. The topological polar surface area (TPSA) is 94.3 Å². The molecule has 0 radical (unpaired) electrons. The Kier molecular flexibility index (Phi) is 4.83. The Morgan fingerprint density at radius 2 is 1.61 bits per heavy atom. The first-order chi connectivity index (χ1) is 8.03. The van der Waals surface area contributed by atoms with Gasteiger partial charge in [0, 0.05) is 12.3 Å². The smallest absolute Gasteiger partial charge is 0.155 e. The van der Waals surface area contributed by atoms with E-state index in [2.05, 4.69) is 6.92 Å². The van der Waals surface area contributed by atoms with E-state index in [-0.39, 0.29) is 23.5 Å². The molecule has 0 bridgehead atoms. The molecule has 18 heavy (non-hydrogen) atoms. The van der Waals surface area contributed by atoms with Crippen LogP contribution in [0.1, 0.15) is 26.7 Å². The second-order valence-corrected chi connectivity index (χ2v) is 10.2. The molecule has 4 atom stereocenters. The molecule has 1 aliphatic rings. The van der Waals surface area contributed by atoms with Crippen molar-refractivity contribution in [2.75, 3.05) is 17.8 Å². The first-order valence-electron chi connectivity index (χ1n) is 6.18. The molecule has 1 saturated carbocycles. The summed E-state index contributed by atoms with van der Waals surface area (Å²) in [7, 11) is -6.70. The van der Waals surface area contributed by atoms with Crippen molar-refractivity contribution in [2.24, 2.45) is 17.6 Å². The van der Waals surface area contributed by atoms with Crippen molar-refractivity contribution in [1.29, 1.82) is 0 Å². The summed E-state index contributed by atoms with van der Waals surface area (Å²) in [6, 6.07) is -0.381. The second-order valence-electron chi connectivity index (χ2n) is 5.68. The third-order valence-corrected chi connectivity index (χ3v) is 7.21. The largest absolute Gasteiger partial charge is 0.327 e. The first-order valence-corrected chi connectivity index (χ1v) is 9.95. The molecule has 0 heterocycles. The summed E-state index contributed by atoms with van der Waals surface area (Å²) in [4.78, 5) is 0. The van der Waals surface area contributed by atoms with Crippen LogP contribution < -0.4 is 5.73 Å². The van der Waals surface area contributed by atoms with E-state index in [1.807, 2.05) is 6.92 Å². The minimum atomic E-state index is -3.44. The zero-order valence-corrected chi connectivity index (χ0v) is 12.8. The average molecular weight is 297 g/mol. The summed E-state index contributed by atoms with van der Waals surface area (Å²) >= 11 is 0. The van der Waals surface area contributed by atoms with E-state index >= 15 is 0 Å². The molecule has 0 aromatic carbocycles. The molecule has 108 valence electrons. The number of nitrogens with two attached hydrogens (primary N) is 1. The van der Waals surface area contributed by atoms with Crippen LogP contribution in [-0.2, 0) is 19.7 Å². The van der Waals surface area contributed by atoms with Gasteiger partial charge in [-0.3, -0.25) is 0 Å². The highest BCUT2D eigenvalue weighted by atomic mass is 32.2. The van der Waals surface area contributed by atoms with E-state index in [1.54, 1.807) is 0 Å². The van der Waals surface area contributed by atoms with Crippen LogP contribution >= 0.6 is 0 Å². The zero-order valence-electron chi connectivity index (χ0n) is 11.2. The molecular weight excluding hydrogens is 274 g/mol. The monoisotopic (exact) mass is 297 g/mol. The van der Waals surface area contributed by atoms with Gasteiger partial charge in [0.1, 0.15) is 9.84 Å². The van der Waals surface area contributed by atoms with Gasteiger partial charge in [-0.05, 0) is 24.7 Å². The summed E-state index contributed by atoms with van der Waals surface area (Å²) < 4.78 is 46.6. The van der Waals surface area contributed by atoms with Crippen molar-refractivity contribution in [3.8, 4) is 0 Å². The van der Waals surface area contributed by atoms with Gasteiger partial charge in [-0.2, -0.15) is 0 Å². The molecule has 2 N–H and O–H groups in total. The highest BCUT2D eigenvalue weighted by Crippen LogP contribution is 2.32. The van der Waals surface area contributed by atoms with Crippen LogP contribution in [0.15, 0.2) is 0 Å². The second kappa shape index (κ2) is 5.46. The van der Waals surface area contributed by atoms with Crippen molar-refractivity contribution in [1.82, 2.24) is 0 Å². The van der Waals surface area contributed by atoms with Gasteiger partial charge in [-0.1, -0.05) is 13.8 Å². The summed E-state index contributed by atoms with van der Waals surface area (Å²) in [6.07, 6.45) is 2.57. The molecule has 0 saturated heterocycles. The van der Waals surface area contributed by atoms with E-state index < -0.39 is 24.9 Å². The maximum Gasteiger partial charge on any atom is 0.155 e. The van der Waals surface area contributed by atoms with Crippen molar-refractivity contribution in [2.45, 2.75) is 38.0 Å². The first kappa shape index (κ1) is 15.9. The van der Waals surface area contributed by atoms with Gasteiger partial charge in [0.15, 0.2) is 9.84 Å². The van der Waals surface area contributed by atoms with Gasteiger partial charge in [0.05, 0.1) is 16.8 Å². The molecular formula is C11H23NO4S2. The SMILES string of the molecule is CC1CC(C)C(S(=O)(=O)CCS(C)(=O)=O)C(N)C1. The number of rotatable bonds is 4. The molecule has 1 fully saturated rings. The maximum atomic E-state index is 12.2. The molecule has 4 unspecified atom stereocenters. The van der Waals surface area contributed by atoms with Crippen LogP contribution in [0.5, 0.6) is 0 Å². The zero-order chi connectivity index (χ0) is 14.1. The third kappa shape index (κ3) is 4.20. The third-order valence-electron chi connectivity index (χ3n) is 3.58. The van der Waals surface area contributed by atoms with Crippen molar-refractivity contribution in [3.05, 3.63) is 0 Å². The Labute approximate surface area is 110 Å². The number of sulfone groups is 2. The van der Waals surface area contributed by atoms with E-state index in [0.29, 0.717) is 12.3 Å². The van der Waals surface area contributed by atoms with Crippen molar-refractivity contribution in [3.63, 3.8) is 0 Å². The minimum absolute atomic E-state index is 0.00619. The van der Waals surface area contributed by atoms with Crippen LogP contribution in [0.2, 0.25) is 0 Å². The van der Waals surface area contributed by atoms with Gasteiger partial charge < -0.3 is 5.73 Å². The molecule has 0 aromatic rings. The van der Waals surface area contributed by atoms with Crippen molar-refractivity contribution >= 4 is 19.7 Å². The Morgan fingerprint density at radius 3 is 2.06 bits per heavy atom. The van der Waals surface area contributed by atoms with Crippen molar-refractivity contribution < 1.29 is 16.8 Å². The predicted octanol–water partition coefficient (Wildman–Crippen LogP) is 0.208. The summed E-state index contributed by atoms with van der Waals surface area (Å²) in [5, 5.41) is -0.601. The molecule has 7 heteroatoms. The van der Waals surface area contributed by atoms with Crippen LogP contribution in [0, 0.1) is 11.8 Å². The number of hydrogen-bond donors (Lipinski definition) is 1. The Hall–Kier alpha value is -0.140. The fraction of sp³-hybridized carbons (Fsp3) is 1.00. The van der Waals surface area contributed by atoms with Gasteiger partial charge in [0.2, 0.25) is 0 Å². The average Bonchev–Trinajstić information content (AvgIpc) is 2.11. The lowest BCUT2D eigenvalue weighted by Gasteiger charge is -2.37. The van der Waals surface area contributed by atoms with Gasteiger partial charge in [-0.25, -0.2) is 16.8 Å².